The van der Waals surface area contributed by atoms with Gasteiger partial charge in [0.15, 0.2) is 0 Å². The lowest BCUT2D eigenvalue weighted by atomic mass is 9.98. The molecule has 0 bridgehead atoms. The molecule has 182 valence electrons. The number of hydrogen-bond donors (Lipinski definition) is 0. The SMILES string of the molecule is COc1ccc(C2=NN(c3nc(-c4ccccc4)c4cc(Br)ccc4n3)[C@H](c3ccc(F)cc3)C2)cc1. The average molecular weight is 553 g/mol. The van der Waals surface area contributed by atoms with Crippen LogP contribution in [0.25, 0.3) is 22.2 Å². The number of methoxy groups -OCH3 is 1. The summed E-state index contributed by atoms with van der Waals surface area (Å²) in [5.74, 6) is 1.00. The molecule has 1 atom stereocenters. The Hall–Kier alpha value is -4.10. The van der Waals surface area contributed by atoms with E-state index in [-0.39, 0.29) is 11.9 Å². The average Bonchev–Trinajstić information content (AvgIpc) is 3.39. The minimum Gasteiger partial charge on any atom is -0.497 e. The molecule has 1 aliphatic rings. The molecular formula is C30H22BrFN4O. The van der Waals surface area contributed by atoms with Crippen LogP contribution in [0.1, 0.15) is 23.6 Å². The maximum atomic E-state index is 13.8. The van der Waals surface area contributed by atoms with Crippen LogP contribution in [0.3, 0.4) is 0 Å². The highest BCUT2D eigenvalue weighted by Crippen LogP contribution is 2.38. The lowest BCUT2D eigenvalue weighted by Gasteiger charge is -2.23. The van der Waals surface area contributed by atoms with Gasteiger partial charge in [-0.15, -0.1) is 0 Å². The fourth-order valence-electron chi connectivity index (χ4n) is 4.60. The van der Waals surface area contributed by atoms with E-state index in [1.54, 1.807) is 19.2 Å². The molecule has 6 rings (SSSR count). The Labute approximate surface area is 222 Å². The Balaban J connectivity index is 1.52. The first-order valence-electron chi connectivity index (χ1n) is 11.9. The van der Waals surface area contributed by atoms with Gasteiger partial charge in [-0.25, -0.2) is 19.4 Å². The van der Waals surface area contributed by atoms with Gasteiger partial charge in [0.25, 0.3) is 0 Å². The fourth-order valence-corrected chi connectivity index (χ4v) is 4.97. The van der Waals surface area contributed by atoms with Crippen LogP contribution >= 0.6 is 15.9 Å². The fraction of sp³-hybridized carbons (Fsp3) is 0.100. The number of hydrazone groups is 1. The molecule has 5 aromatic rings. The number of hydrogen-bond acceptors (Lipinski definition) is 5. The number of rotatable bonds is 5. The number of anilines is 1. The van der Waals surface area contributed by atoms with Crippen LogP contribution in [-0.2, 0) is 0 Å². The summed E-state index contributed by atoms with van der Waals surface area (Å²) in [4.78, 5) is 9.96. The van der Waals surface area contributed by atoms with Crippen molar-refractivity contribution in [1.82, 2.24) is 9.97 Å². The second-order valence-corrected chi connectivity index (χ2v) is 9.71. The van der Waals surface area contributed by atoms with E-state index in [2.05, 4.69) is 15.9 Å². The largest absolute Gasteiger partial charge is 0.497 e. The number of benzene rings is 4. The van der Waals surface area contributed by atoms with Gasteiger partial charge < -0.3 is 4.74 Å². The lowest BCUT2D eigenvalue weighted by molar-refractivity contribution is 0.415. The first kappa shape index (κ1) is 23.3. The highest BCUT2D eigenvalue weighted by atomic mass is 79.9. The van der Waals surface area contributed by atoms with Crippen LogP contribution in [0.5, 0.6) is 5.75 Å². The van der Waals surface area contributed by atoms with Crippen molar-refractivity contribution in [2.75, 3.05) is 12.1 Å². The smallest absolute Gasteiger partial charge is 0.247 e. The monoisotopic (exact) mass is 552 g/mol. The molecular weight excluding hydrogens is 531 g/mol. The molecule has 5 nitrogen and oxygen atoms in total. The van der Waals surface area contributed by atoms with Crippen LogP contribution < -0.4 is 9.75 Å². The number of ether oxygens (including phenoxy) is 1. The van der Waals surface area contributed by atoms with Crippen molar-refractivity contribution in [3.05, 3.63) is 118 Å². The van der Waals surface area contributed by atoms with Crippen LogP contribution in [0, 0.1) is 5.82 Å². The Kier molecular flexibility index (Phi) is 6.14. The van der Waals surface area contributed by atoms with Crippen molar-refractivity contribution in [3.63, 3.8) is 0 Å². The Morgan fingerprint density at radius 3 is 2.35 bits per heavy atom. The first-order chi connectivity index (χ1) is 18.1. The highest BCUT2D eigenvalue weighted by molar-refractivity contribution is 9.10. The second-order valence-electron chi connectivity index (χ2n) is 8.79. The molecule has 0 fully saturated rings. The van der Waals surface area contributed by atoms with E-state index in [1.165, 1.54) is 12.1 Å². The summed E-state index contributed by atoms with van der Waals surface area (Å²) in [5, 5.41) is 7.81. The van der Waals surface area contributed by atoms with Crippen molar-refractivity contribution < 1.29 is 9.13 Å². The van der Waals surface area contributed by atoms with Crippen molar-refractivity contribution in [2.24, 2.45) is 5.10 Å². The predicted octanol–water partition coefficient (Wildman–Crippen LogP) is 7.56. The molecule has 1 aliphatic heterocycles. The molecule has 37 heavy (non-hydrogen) atoms. The van der Waals surface area contributed by atoms with Gasteiger partial charge in [-0.2, -0.15) is 5.10 Å². The molecule has 7 heteroatoms. The van der Waals surface area contributed by atoms with E-state index in [0.29, 0.717) is 12.4 Å². The van der Waals surface area contributed by atoms with E-state index in [4.69, 9.17) is 19.8 Å². The molecule has 0 amide bonds. The van der Waals surface area contributed by atoms with Crippen molar-refractivity contribution in [1.29, 1.82) is 0 Å². The van der Waals surface area contributed by atoms with Gasteiger partial charge >= 0.3 is 0 Å². The summed E-state index contributed by atoms with van der Waals surface area (Å²) in [6, 6.07) is 30.3. The van der Waals surface area contributed by atoms with Gasteiger partial charge in [0, 0.05) is 21.8 Å². The Morgan fingerprint density at radius 1 is 0.865 bits per heavy atom. The molecule has 4 aromatic carbocycles. The second kappa shape index (κ2) is 9.75. The minimum atomic E-state index is -0.275. The molecule has 1 aromatic heterocycles. The molecule has 2 heterocycles. The third kappa shape index (κ3) is 4.58. The van der Waals surface area contributed by atoms with E-state index < -0.39 is 0 Å². The summed E-state index contributed by atoms with van der Waals surface area (Å²) in [6.07, 6.45) is 0.625. The van der Waals surface area contributed by atoms with Crippen LogP contribution in [0.2, 0.25) is 0 Å². The molecule has 0 saturated carbocycles. The quantitative estimate of drug-likeness (QED) is 0.225. The molecule has 0 radical (unpaired) electrons. The van der Waals surface area contributed by atoms with Gasteiger partial charge in [-0.1, -0.05) is 58.4 Å². The van der Waals surface area contributed by atoms with Gasteiger partial charge in [0.1, 0.15) is 11.6 Å². The van der Waals surface area contributed by atoms with E-state index >= 15 is 0 Å². The molecule has 0 unspecified atom stereocenters. The lowest BCUT2D eigenvalue weighted by Crippen LogP contribution is -2.21. The van der Waals surface area contributed by atoms with Crippen LogP contribution in [0.15, 0.2) is 107 Å². The molecule has 0 N–H and O–H groups in total. The number of fused-ring (bicyclic) bond motifs is 1. The van der Waals surface area contributed by atoms with Gasteiger partial charge in [0.2, 0.25) is 5.95 Å². The maximum Gasteiger partial charge on any atom is 0.247 e. The van der Waals surface area contributed by atoms with Gasteiger partial charge in [0.05, 0.1) is 30.1 Å². The van der Waals surface area contributed by atoms with E-state index in [9.17, 15) is 4.39 Å². The zero-order valence-electron chi connectivity index (χ0n) is 20.0. The number of aromatic nitrogens is 2. The zero-order valence-corrected chi connectivity index (χ0v) is 21.6. The van der Waals surface area contributed by atoms with Gasteiger partial charge in [-0.3, -0.25) is 0 Å². The third-order valence-corrected chi connectivity index (χ3v) is 6.98. The minimum absolute atomic E-state index is 0.186. The molecule has 0 aliphatic carbocycles. The van der Waals surface area contributed by atoms with Crippen molar-refractivity contribution in [3.8, 4) is 17.0 Å². The Bertz CT molecular complexity index is 1610. The summed E-state index contributed by atoms with van der Waals surface area (Å²) in [5.41, 5.74) is 5.47. The first-order valence-corrected chi connectivity index (χ1v) is 12.7. The van der Waals surface area contributed by atoms with E-state index in [0.717, 1.165) is 49.2 Å². The normalized spacial score (nSPS) is 15.2. The van der Waals surface area contributed by atoms with Crippen molar-refractivity contribution in [2.45, 2.75) is 12.5 Å². The topological polar surface area (TPSA) is 50.6 Å². The summed E-state index contributed by atoms with van der Waals surface area (Å²) < 4.78 is 20.0. The summed E-state index contributed by atoms with van der Waals surface area (Å²) in [6.45, 7) is 0. The van der Waals surface area contributed by atoms with Crippen molar-refractivity contribution >= 4 is 38.5 Å². The third-order valence-electron chi connectivity index (χ3n) is 6.49. The Morgan fingerprint density at radius 2 is 1.62 bits per heavy atom. The van der Waals surface area contributed by atoms with Gasteiger partial charge in [-0.05, 0) is 65.7 Å². The standard InChI is InChI=1S/C30H22BrFN4O/c1-37-24-14-9-19(10-15-24)27-18-28(20-7-12-23(32)13-8-20)36(35-27)30-33-26-16-11-22(31)17-25(26)29(34-30)21-5-3-2-4-6-21/h2-17,28H,18H2,1H3/t28-/m0/s1. The zero-order chi connectivity index (χ0) is 25.4. The number of nitrogens with zero attached hydrogens (tertiary/aromatic N) is 4. The molecule has 0 spiro atoms. The predicted molar refractivity (Wildman–Crippen MR) is 148 cm³/mol. The van der Waals surface area contributed by atoms with Crippen LogP contribution in [-0.4, -0.2) is 22.8 Å². The highest BCUT2D eigenvalue weighted by Gasteiger charge is 2.32. The van der Waals surface area contributed by atoms with Crippen LogP contribution in [0.4, 0.5) is 10.3 Å². The summed E-state index contributed by atoms with van der Waals surface area (Å²) >= 11 is 3.59. The molecule has 0 saturated heterocycles. The van der Waals surface area contributed by atoms with E-state index in [1.807, 2.05) is 77.8 Å². The number of halogens is 2. The summed E-state index contributed by atoms with van der Waals surface area (Å²) in [7, 11) is 1.65. The maximum absolute atomic E-state index is 13.8.